The number of benzene rings is 1. The highest BCUT2D eigenvalue weighted by Crippen LogP contribution is 2.19. The van der Waals surface area contributed by atoms with Gasteiger partial charge < -0.3 is 5.32 Å². The monoisotopic (exact) mass is 314 g/mol. The summed E-state index contributed by atoms with van der Waals surface area (Å²) in [5.41, 5.74) is 7.27. The molecule has 106 valence electrons. The molecule has 1 N–H and O–H groups in total. The molecule has 0 radical (unpaired) electrons. The number of ketones is 1. The molecule has 0 saturated carbocycles. The number of hydrogen-bond acceptors (Lipinski definition) is 3. The molecule has 1 amide bonds. The van der Waals surface area contributed by atoms with E-state index in [0.29, 0.717) is 10.0 Å². The summed E-state index contributed by atoms with van der Waals surface area (Å²) in [6, 6.07) is 4.38. The third kappa shape index (κ3) is 4.42. The van der Waals surface area contributed by atoms with Gasteiger partial charge in [0.2, 0.25) is 0 Å². The van der Waals surface area contributed by atoms with E-state index in [-0.39, 0.29) is 12.1 Å². The summed E-state index contributed by atoms with van der Waals surface area (Å²) in [6.07, 6.45) is 0. The maximum absolute atomic E-state index is 12.1. The Balaban J connectivity index is 2.88. The lowest BCUT2D eigenvalue weighted by atomic mass is 9.98. The highest BCUT2D eigenvalue weighted by molar-refractivity contribution is 6.35. The Kier molecular flexibility index (Phi) is 5.39. The van der Waals surface area contributed by atoms with Gasteiger partial charge in [0.1, 0.15) is 0 Å². The van der Waals surface area contributed by atoms with E-state index in [1.54, 1.807) is 0 Å². The van der Waals surface area contributed by atoms with Crippen LogP contribution in [0.1, 0.15) is 24.2 Å². The minimum Gasteiger partial charge on any atom is -0.340 e. The molecular weight excluding hydrogens is 303 g/mol. The molecular formula is C12H12Cl2N4O2. The molecule has 0 atom stereocenters. The molecule has 1 rings (SSSR count). The highest BCUT2D eigenvalue weighted by atomic mass is 35.5. The smallest absolute Gasteiger partial charge is 0.252 e. The van der Waals surface area contributed by atoms with Crippen molar-refractivity contribution in [2.24, 2.45) is 5.11 Å². The minimum absolute atomic E-state index is 0.243. The Morgan fingerprint density at radius 1 is 1.30 bits per heavy atom. The minimum atomic E-state index is -1.17. The molecule has 0 unspecified atom stereocenters. The average molecular weight is 315 g/mol. The lowest BCUT2D eigenvalue weighted by Gasteiger charge is -2.24. The Bertz CT molecular complexity index is 575. The molecule has 0 bridgehead atoms. The first kappa shape index (κ1) is 16.3. The van der Waals surface area contributed by atoms with Crippen LogP contribution in [0.25, 0.3) is 10.4 Å². The Morgan fingerprint density at radius 2 is 1.85 bits per heavy atom. The normalized spacial score (nSPS) is 10.6. The van der Waals surface area contributed by atoms with Crippen molar-refractivity contribution in [3.63, 3.8) is 0 Å². The van der Waals surface area contributed by atoms with Gasteiger partial charge in [0, 0.05) is 20.5 Å². The molecule has 0 aliphatic heterocycles. The van der Waals surface area contributed by atoms with E-state index in [1.165, 1.54) is 32.0 Å². The third-order valence-electron chi connectivity index (χ3n) is 2.53. The number of nitrogens with one attached hydrogen (secondary N) is 1. The van der Waals surface area contributed by atoms with Crippen molar-refractivity contribution in [2.45, 2.75) is 19.4 Å². The summed E-state index contributed by atoms with van der Waals surface area (Å²) in [7, 11) is 0. The van der Waals surface area contributed by atoms with Gasteiger partial charge in [0.15, 0.2) is 5.78 Å². The lowest BCUT2D eigenvalue weighted by Crippen LogP contribution is -2.50. The first-order chi connectivity index (χ1) is 9.26. The predicted octanol–water partition coefficient (Wildman–Crippen LogP) is 3.38. The molecule has 0 aliphatic carbocycles. The fourth-order valence-electron chi connectivity index (χ4n) is 1.40. The standard InChI is InChI=1S/C12H12Cl2N4O2/c1-12(2,10(19)6-16-18-15)17-11(20)7-3-8(13)5-9(14)4-7/h3-5H,6H2,1-2H3,(H,17,20). The van der Waals surface area contributed by atoms with Crippen LogP contribution in [0.2, 0.25) is 10.0 Å². The molecule has 0 spiro atoms. The fraction of sp³-hybridized carbons (Fsp3) is 0.333. The second-order valence-corrected chi connectivity index (χ2v) is 5.42. The van der Waals surface area contributed by atoms with Gasteiger partial charge in [0.05, 0.1) is 12.1 Å². The van der Waals surface area contributed by atoms with E-state index in [1.807, 2.05) is 0 Å². The molecule has 8 heteroatoms. The molecule has 0 saturated heterocycles. The molecule has 0 heterocycles. The number of carbonyl (C=O) groups is 2. The van der Waals surface area contributed by atoms with Crippen LogP contribution in [-0.2, 0) is 4.79 Å². The second-order valence-electron chi connectivity index (χ2n) is 4.55. The van der Waals surface area contributed by atoms with Gasteiger partial charge >= 0.3 is 0 Å². The molecule has 0 aromatic heterocycles. The van der Waals surface area contributed by atoms with Crippen LogP contribution < -0.4 is 5.32 Å². The summed E-state index contributed by atoms with van der Waals surface area (Å²) in [5, 5.41) is 6.37. The largest absolute Gasteiger partial charge is 0.340 e. The molecule has 1 aromatic rings. The van der Waals surface area contributed by atoms with Gasteiger partial charge in [-0.1, -0.05) is 28.3 Å². The number of azide groups is 1. The quantitative estimate of drug-likeness (QED) is 0.512. The number of hydrogen-bond donors (Lipinski definition) is 1. The molecule has 1 aromatic carbocycles. The number of halogens is 2. The summed E-state index contributed by atoms with van der Waals surface area (Å²) < 4.78 is 0. The topological polar surface area (TPSA) is 94.9 Å². The van der Waals surface area contributed by atoms with E-state index in [4.69, 9.17) is 28.7 Å². The van der Waals surface area contributed by atoms with Gasteiger partial charge in [-0.2, -0.15) is 0 Å². The van der Waals surface area contributed by atoms with Crippen molar-refractivity contribution in [1.29, 1.82) is 0 Å². The Hall–Kier alpha value is -1.75. The van der Waals surface area contributed by atoms with Crippen LogP contribution in [0.3, 0.4) is 0 Å². The summed E-state index contributed by atoms with van der Waals surface area (Å²) in [4.78, 5) is 26.4. The molecule has 6 nitrogen and oxygen atoms in total. The SMILES string of the molecule is CC(C)(NC(=O)c1cc(Cl)cc(Cl)c1)C(=O)CN=[N+]=[N-]. The summed E-state index contributed by atoms with van der Waals surface area (Å²) in [6.45, 7) is 2.71. The summed E-state index contributed by atoms with van der Waals surface area (Å²) >= 11 is 11.6. The average Bonchev–Trinajstić information content (AvgIpc) is 2.34. The van der Waals surface area contributed by atoms with Gasteiger partial charge in [-0.25, -0.2) is 0 Å². The van der Waals surface area contributed by atoms with Crippen molar-refractivity contribution in [3.05, 3.63) is 44.3 Å². The Labute approximate surface area is 125 Å². The fourth-order valence-corrected chi connectivity index (χ4v) is 1.93. The van der Waals surface area contributed by atoms with Crippen LogP contribution in [-0.4, -0.2) is 23.8 Å². The van der Waals surface area contributed by atoms with Gasteiger partial charge in [0.25, 0.3) is 5.91 Å². The van der Waals surface area contributed by atoms with E-state index in [2.05, 4.69) is 15.3 Å². The zero-order valence-electron chi connectivity index (χ0n) is 10.9. The van der Waals surface area contributed by atoms with E-state index in [9.17, 15) is 9.59 Å². The first-order valence-electron chi connectivity index (χ1n) is 5.59. The van der Waals surface area contributed by atoms with Crippen LogP contribution >= 0.6 is 23.2 Å². The maximum Gasteiger partial charge on any atom is 0.252 e. The maximum atomic E-state index is 12.1. The van der Waals surface area contributed by atoms with Crippen LogP contribution in [0, 0.1) is 0 Å². The summed E-state index contributed by atoms with van der Waals surface area (Å²) in [5.74, 6) is -0.898. The number of nitrogens with zero attached hydrogens (tertiary/aromatic N) is 3. The second kappa shape index (κ2) is 6.61. The van der Waals surface area contributed by atoms with Crippen LogP contribution in [0.4, 0.5) is 0 Å². The van der Waals surface area contributed by atoms with Crippen LogP contribution in [0.5, 0.6) is 0 Å². The van der Waals surface area contributed by atoms with Crippen molar-refractivity contribution < 1.29 is 9.59 Å². The van der Waals surface area contributed by atoms with Crippen molar-refractivity contribution in [2.75, 3.05) is 6.54 Å². The zero-order chi connectivity index (χ0) is 15.3. The highest BCUT2D eigenvalue weighted by Gasteiger charge is 2.29. The van der Waals surface area contributed by atoms with E-state index in [0.717, 1.165) is 0 Å². The number of carbonyl (C=O) groups excluding carboxylic acids is 2. The molecule has 20 heavy (non-hydrogen) atoms. The molecule has 0 fully saturated rings. The van der Waals surface area contributed by atoms with E-state index >= 15 is 0 Å². The number of amides is 1. The van der Waals surface area contributed by atoms with Crippen molar-refractivity contribution in [3.8, 4) is 0 Å². The van der Waals surface area contributed by atoms with Crippen LogP contribution in [0.15, 0.2) is 23.3 Å². The van der Waals surface area contributed by atoms with Crippen molar-refractivity contribution >= 4 is 34.9 Å². The molecule has 0 aliphatic rings. The van der Waals surface area contributed by atoms with E-state index < -0.39 is 17.2 Å². The van der Waals surface area contributed by atoms with Gasteiger partial charge in [-0.05, 0) is 37.6 Å². The number of Topliss-reactive ketones (excluding diaryl/α,β-unsaturated/α-hetero) is 1. The van der Waals surface area contributed by atoms with Gasteiger partial charge in [-0.3, -0.25) is 9.59 Å². The third-order valence-corrected chi connectivity index (χ3v) is 2.96. The van der Waals surface area contributed by atoms with Crippen molar-refractivity contribution in [1.82, 2.24) is 5.32 Å². The zero-order valence-corrected chi connectivity index (χ0v) is 12.4. The van der Waals surface area contributed by atoms with Gasteiger partial charge in [-0.15, -0.1) is 0 Å². The first-order valence-corrected chi connectivity index (χ1v) is 6.34. The predicted molar refractivity (Wildman–Crippen MR) is 77.0 cm³/mol. The Morgan fingerprint density at radius 3 is 2.35 bits per heavy atom. The lowest BCUT2D eigenvalue weighted by molar-refractivity contribution is -0.122. The number of rotatable bonds is 5.